The number of hydrogen-bond donors (Lipinski definition) is 2. The Balaban J connectivity index is 1.87. The van der Waals surface area contributed by atoms with Crippen LogP contribution >= 0.6 is 0 Å². The minimum absolute atomic E-state index is 0.0112. The molecule has 0 spiro atoms. The Morgan fingerprint density at radius 1 is 1.26 bits per heavy atom. The van der Waals surface area contributed by atoms with Crippen molar-refractivity contribution >= 4 is 22.5 Å². The lowest BCUT2D eigenvalue weighted by atomic mass is 10.0. The Morgan fingerprint density at radius 2 is 2.11 bits per heavy atom. The van der Waals surface area contributed by atoms with Gasteiger partial charge in [-0.1, -0.05) is 24.6 Å². The molecule has 1 amide bonds. The fraction of sp³-hybridized carbons (Fsp3) is 0.333. The molecule has 1 heterocycles. The van der Waals surface area contributed by atoms with E-state index in [1.165, 1.54) is 0 Å². The number of anilines is 1. The predicted molar refractivity (Wildman–Crippen MR) is 75.7 cm³/mol. The van der Waals surface area contributed by atoms with E-state index in [2.05, 4.69) is 10.3 Å². The topological polar surface area (TPSA) is 68.0 Å². The van der Waals surface area contributed by atoms with Crippen LogP contribution in [-0.2, 0) is 4.79 Å². The van der Waals surface area contributed by atoms with Gasteiger partial charge in [0.1, 0.15) is 0 Å². The summed E-state index contributed by atoms with van der Waals surface area (Å²) in [4.78, 5) is 16.6. The van der Waals surface area contributed by atoms with Gasteiger partial charge in [-0.2, -0.15) is 0 Å². The van der Waals surface area contributed by atoms with Gasteiger partial charge in [-0.15, -0.1) is 0 Å². The smallest absolute Gasteiger partial charge is 0.229 e. The Hall–Kier alpha value is -1.94. The first kappa shape index (κ1) is 12.1. The second-order valence-electron chi connectivity index (χ2n) is 5.07. The van der Waals surface area contributed by atoms with Crippen molar-refractivity contribution < 1.29 is 4.79 Å². The monoisotopic (exact) mass is 255 g/mol. The molecule has 0 radical (unpaired) electrons. The minimum Gasteiger partial charge on any atom is -0.327 e. The zero-order valence-electron chi connectivity index (χ0n) is 10.7. The van der Waals surface area contributed by atoms with Gasteiger partial charge in [0.05, 0.1) is 17.1 Å². The standard InChI is InChI=1S/C15H17N3O/c16-12-7-2-6-11(12)15(19)18-13-8-1-4-10-5-3-9-17-14(10)13/h1,3-5,8-9,11-12H,2,6-7,16H2,(H,18,19). The van der Waals surface area contributed by atoms with E-state index in [0.717, 1.165) is 35.9 Å². The number of pyridine rings is 1. The molecule has 0 bridgehead atoms. The van der Waals surface area contributed by atoms with Crippen molar-refractivity contribution in [2.24, 2.45) is 11.7 Å². The molecular weight excluding hydrogens is 238 g/mol. The quantitative estimate of drug-likeness (QED) is 0.865. The van der Waals surface area contributed by atoms with Gasteiger partial charge in [-0.25, -0.2) is 0 Å². The summed E-state index contributed by atoms with van der Waals surface area (Å²) >= 11 is 0. The molecule has 98 valence electrons. The lowest BCUT2D eigenvalue weighted by Crippen LogP contribution is -2.34. The maximum absolute atomic E-state index is 12.2. The van der Waals surface area contributed by atoms with Crippen LogP contribution in [0.1, 0.15) is 19.3 Å². The van der Waals surface area contributed by atoms with Crippen molar-refractivity contribution in [3.63, 3.8) is 0 Å². The first-order chi connectivity index (χ1) is 9.25. The number of amides is 1. The van der Waals surface area contributed by atoms with Gasteiger partial charge in [0.25, 0.3) is 0 Å². The van der Waals surface area contributed by atoms with Crippen LogP contribution in [0.5, 0.6) is 0 Å². The lowest BCUT2D eigenvalue weighted by molar-refractivity contribution is -0.120. The third-order valence-electron chi connectivity index (χ3n) is 3.80. The molecule has 1 saturated carbocycles. The van der Waals surface area contributed by atoms with Crippen LogP contribution < -0.4 is 11.1 Å². The van der Waals surface area contributed by atoms with Gasteiger partial charge in [0, 0.05) is 17.6 Å². The molecule has 1 aliphatic carbocycles. The Kier molecular flexibility index (Phi) is 3.17. The van der Waals surface area contributed by atoms with Gasteiger partial charge in [-0.3, -0.25) is 9.78 Å². The highest BCUT2D eigenvalue weighted by Crippen LogP contribution is 2.27. The largest absolute Gasteiger partial charge is 0.327 e. The first-order valence-electron chi connectivity index (χ1n) is 6.66. The summed E-state index contributed by atoms with van der Waals surface area (Å²) in [5.41, 5.74) is 7.56. The fourth-order valence-corrected chi connectivity index (χ4v) is 2.74. The molecule has 1 aromatic heterocycles. The van der Waals surface area contributed by atoms with Crippen molar-refractivity contribution in [3.8, 4) is 0 Å². The van der Waals surface area contributed by atoms with Crippen LogP contribution in [0.2, 0.25) is 0 Å². The van der Waals surface area contributed by atoms with E-state index in [1.807, 2.05) is 30.3 Å². The molecule has 1 fully saturated rings. The second kappa shape index (κ2) is 4.97. The van der Waals surface area contributed by atoms with E-state index < -0.39 is 0 Å². The molecule has 1 aromatic carbocycles. The SMILES string of the molecule is NC1CCCC1C(=O)Nc1cccc2cccnc12. The van der Waals surface area contributed by atoms with Crippen LogP contribution in [0, 0.1) is 5.92 Å². The molecule has 2 atom stereocenters. The summed E-state index contributed by atoms with van der Waals surface area (Å²) in [5.74, 6) is -0.0536. The number of fused-ring (bicyclic) bond motifs is 1. The molecular formula is C15H17N3O. The van der Waals surface area contributed by atoms with E-state index >= 15 is 0 Å². The highest BCUT2D eigenvalue weighted by Gasteiger charge is 2.30. The minimum atomic E-state index is -0.0704. The third-order valence-corrected chi connectivity index (χ3v) is 3.80. The number of para-hydroxylation sites is 1. The maximum atomic E-state index is 12.2. The van der Waals surface area contributed by atoms with E-state index in [9.17, 15) is 4.79 Å². The van der Waals surface area contributed by atoms with Gasteiger partial charge in [0.15, 0.2) is 0 Å². The molecule has 3 N–H and O–H groups in total. The number of benzene rings is 1. The number of hydrogen-bond acceptors (Lipinski definition) is 3. The van der Waals surface area contributed by atoms with Crippen molar-refractivity contribution in [1.82, 2.24) is 4.98 Å². The Bertz CT molecular complexity index is 606. The van der Waals surface area contributed by atoms with E-state index in [0.29, 0.717) is 0 Å². The number of nitrogens with two attached hydrogens (primary N) is 1. The van der Waals surface area contributed by atoms with Gasteiger partial charge >= 0.3 is 0 Å². The van der Waals surface area contributed by atoms with Crippen molar-refractivity contribution in [1.29, 1.82) is 0 Å². The molecule has 1 aliphatic rings. The van der Waals surface area contributed by atoms with Crippen LogP contribution in [0.15, 0.2) is 36.5 Å². The van der Waals surface area contributed by atoms with Gasteiger partial charge < -0.3 is 11.1 Å². The summed E-state index contributed by atoms with van der Waals surface area (Å²) in [5, 5.41) is 4.00. The lowest BCUT2D eigenvalue weighted by Gasteiger charge is -2.15. The summed E-state index contributed by atoms with van der Waals surface area (Å²) in [6, 6.07) is 9.66. The van der Waals surface area contributed by atoms with E-state index in [4.69, 9.17) is 5.73 Å². The summed E-state index contributed by atoms with van der Waals surface area (Å²) in [6.45, 7) is 0. The van der Waals surface area contributed by atoms with Crippen LogP contribution in [-0.4, -0.2) is 16.9 Å². The molecule has 4 nitrogen and oxygen atoms in total. The number of aromatic nitrogens is 1. The van der Waals surface area contributed by atoms with Crippen molar-refractivity contribution in [2.75, 3.05) is 5.32 Å². The molecule has 0 aliphatic heterocycles. The molecule has 0 saturated heterocycles. The maximum Gasteiger partial charge on any atom is 0.229 e. The molecule has 3 rings (SSSR count). The number of rotatable bonds is 2. The average Bonchev–Trinajstić information content (AvgIpc) is 2.85. The molecule has 4 heteroatoms. The highest BCUT2D eigenvalue weighted by molar-refractivity contribution is 6.01. The predicted octanol–water partition coefficient (Wildman–Crippen LogP) is 2.30. The van der Waals surface area contributed by atoms with Crippen molar-refractivity contribution in [3.05, 3.63) is 36.5 Å². The van der Waals surface area contributed by atoms with Crippen LogP contribution in [0.25, 0.3) is 10.9 Å². The van der Waals surface area contributed by atoms with E-state index in [1.54, 1.807) is 6.20 Å². The fourth-order valence-electron chi connectivity index (χ4n) is 2.74. The zero-order chi connectivity index (χ0) is 13.2. The Labute approximate surface area is 112 Å². The summed E-state index contributed by atoms with van der Waals surface area (Å²) in [7, 11) is 0. The molecule has 19 heavy (non-hydrogen) atoms. The Morgan fingerprint density at radius 3 is 2.89 bits per heavy atom. The normalized spacial score (nSPS) is 22.6. The van der Waals surface area contributed by atoms with Gasteiger partial charge in [0.2, 0.25) is 5.91 Å². The molecule has 2 aromatic rings. The highest BCUT2D eigenvalue weighted by atomic mass is 16.1. The van der Waals surface area contributed by atoms with Crippen LogP contribution in [0.4, 0.5) is 5.69 Å². The average molecular weight is 255 g/mol. The zero-order valence-corrected chi connectivity index (χ0v) is 10.7. The summed E-state index contributed by atoms with van der Waals surface area (Å²) < 4.78 is 0. The summed E-state index contributed by atoms with van der Waals surface area (Å²) in [6.07, 6.45) is 4.59. The van der Waals surface area contributed by atoms with Gasteiger partial charge in [-0.05, 0) is 25.0 Å². The first-order valence-corrected chi connectivity index (χ1v) is 6.66. The van der Waals surface area contributed by atoms with Crippen molar-refractivity contribution in [2.45, 2.75) is 25.3 Å². The third kappa shape index (κ3) is 2.31. The number of nitrogens with one attached hydrogen (secondary N) is 1. The number of carbonyl (C=O) groups is 1. The second-order valence-corrected chi connectivity index (χ2v) is 5.07. The number of nitrogens with zero attached hydrogens (tertiary/aromatic N) is 1. The van der Waals surface area contributed by atoms with E-state index in [-0.39, 0.29) is 17.9 Å². The number of carbonyl (C=O) groups excluding carboxylic acids is 1. The molecule has 2 unspecified atom stereocenters. The van der Waals surface area contributed by atoms with Crippen LogP contribution in [0.3, 0.4) is 0 Å².